The van der Waals surface area contributed by atoms with Gasteiger partial charge in [0.1, 0.15) is 0 Å². The molecule has 1 aliphatic rings. The third-order valence-corrected chi connectivity index (χ3v) is 5.56. The zero-order valence-corrected chi connectivity index (χ0v) is 17.8. The highest BCUT2D eigenvalue weighted by Gasteiger charge is 2.28. The van der Waals surface area contributed by atoms with Crippen molar-refractivity contribution in [3.8, 4) is 11.5 Å². The predicted octanol–water partition coefficient (Wildman–Crippen LogP) is 5.13. The second-order valence-electron chi connectivity index (χ2n) is 7.30. The zero-order chi connectivity index (χ0) is 18.8. The Hall–Kier alpha value is -1.98. The maximum Gasteiger partial charge on any atom is 0.163 e. The highest BCUT2D eigenvalue weighted by Crippen LogP contribution is 2.45. The Morgan fingerprint density at radius 1 is 1.14 bits per heavy atom. The molecule has 3 aromatic rings. The van der Waals surface area contributed by atoms with Crippen molar-refractivity contribution in [2.45, 2.75) is 39.0 Å². The summed E-state index contributed by atoms with van der Waals surface area (Å²) in [5.74, 6) is 2.20. The number of nitrogens with zero attached hydrogens (tertiary/aromatic N) is 2. The molecule has 0 radical (unpaired) electrons. The molecular weight excluding hydrogens is 374 g/mol. The van der Waals surface area contributed by atoms with Gasteiger partial charge in [0.25, 0.3) is 0 Å². The van der Waals surface area contributed by atoms with E-state index in [9.17, 15) is 0 Å². The number of hydrogen-bond acceptors (Lipinski definition) is 4. The lowest BCUT2D eigenvalue weighted by molar-refractivity contribution is 0.243. The van der Waals surface area contributed by atoms with Crippen molar-refractivity contribution >= 4 is 34.2 Å². The fourth-order valence-electron chi connectivity index (χ4n) is 3.83. The second-order valence-corrected chi connectivity index (χ2v) is 7.30. The van der Waals surface area contributed by atoms with Crippen molar-refractivity contribution in [3.05, 3.63) is 30.1 Å². The summed E-state index contributed by atoms with van der Waals surface area (Å²) in [5.41, 5.74) is 3.44. The van der Waals surface area contributed by atoms with Crippen molar-refractivity contribution in [1.82, 2.24) is 14.9 Å². The molecule has 2 heterocycles. The topological polar surface area (TPSA) is 50.4 Å². The summed E-state index contributed by atoms with van der Waals surface area (Å²) in [6.45, 7) is 8.30. The number of pyridine rings is 1. The van der Waals surface area contributed by atoms with Crippen LogP contribution in [0.3, 0.4) is 0 Å². The molecule has 1 saturated carbocycles. The van der Waals surface area contributed by atoms with E-state index in [1.165, 1.54) is 29.3 Å². The summed E-state index contributed by atoms with van der Waals surface area (Å²) in [4.78, 5) is 10.6. The van der Waals surface area contributed by atoms with Gasteiger partial charge in [0.05, 0.1) is 24.9 Å². The largest absolute Gasteiger partial charge is 0.493 e. The molecule has 6 heteroatoms. The molecule has 2 aromatic heterocycles. The van der Waals surface area contributed by atoms with Gasteiger partial charge in [0, 0.05) is 41.0 Å². The number of aromatic amines is 1. The minimum absolute atomic E-state index is 0. The quantitative estimate of drug-likeness (QED) is 0.503. The Balaban J connectivity index is 0.00000225. The Labute approximate surface area is 172 Å². The monoisotopic (exact) mass is 403 g/mol. The average molecular weight is 404 g/mol. The summed E-state index contributed by atoms with van der Waals surface area (Å²) in [5, 5.41) is 2.41. The molecule has 0 spiro atoms. The fraction of sp³-hybridized carbons (Fsp3) is 0.500. The lowest BCUT2D eigenvalue weighted by atomic mass is 10.1. The van der Waals surface area contributed by atoms with Crippen molar-refractivity contribution in [2.24, 2.45) is 0 Å². The Bertz CT molecular complexity index is 932. The molecule has 152 valence electrons. The molecular formula is C22H30ClN3O2. The van der Waals surface area contributed by atoms with Gasteiger partial charge in [-0.05, 0) is 44.5 Å². The Morgan fingerprint density at radius 2 is 1.93 bits per heavy atom. The first-order valence-electron chi connectivity index (χ1n) is 10.1. The molecule has 1 fully saturated rings. The van der Waals surface area contributed by atoms with Gasteiger partial charge < -0.3 is 19.4 Å². The van der Waals surface area contributed by atoms with Gasteiger partial charge in [-0.15, -0.1) is 12.4 Å². The van der Waals surface area contributed by atoms with Crippen molar-refractivity contribution in [1.29, 1.82) is 0 Å². The van der Waals surface area contributed by atoms with Gasteiger partial charge in [0.15, 0.2) is 11.5 Å². The molecule has 1 aliphatic carbocycles. The van der Waals surface area contributed by atoms with Gasteiger partial charge in [0.2, 0.25) is 0 Å². The molecule has 0 saturated heterocycles. The summed E-state index contributed by atoms with van der Waals surface area (Å²) < 4.78 is 11.7. The van der Waals surface area contributed by atoms with Gasteiger partial charge in [-0.1, -0.05) is 13.8 Å². The van der Waals surface area contributed by atoms with Gasteiger partial charge >= 0.3 is 0 Å². The molecule has 5 nitrogen and oxygen atoms in total. The van der Waals surface area contributed by atoms with E-state index in [-0.39, 0.29) is 12.4 Å². The fourth-order valence-corrected chi connectivity index (χ4v) is 3.83. The van der Waals surface area contributed by atoms with Crippen LogP contribution in [0, 0.1) is 0 Å². The second kappa shape index (κ2) is 9.01. The summed E-state index contributed by atoms with van der Waals surface area (Å²) in [7, 11) is 1.71. The lowest BCUT2D eigenvalue weighted by Gasteiger charge is -2.18. The summed E-state index contributed by atoms with van der Waals surface area (Å²) in [6, 6.07) is 6.22. The first-order valence-corrected chi connectivity index (χ1v) is 10.1. The van der Waals surface area contributed by atoms with Crippen molar-refractivity contribution in [3.63, 3.8) is 0 Å². The van der Waals surface area contributed by atoms with Crippen LogP contribution in [0.15, 0.2) is 24.4 Å². The Kier molecular flexibility index (Phi) is 6.68. The lowest BCUT2D eigenvalue weighted by Crippen LogP contribution is -2.25. The number of aromatic nitrogens is 2. The molecule has 1 aromatic carbocycles. The first kappa shape index (κ1) is 20.7. The number of ether oxygens (including phenoxy) is 2. The molecule has 4 rings (SSSR count). The SMILES string of the molecule is CCN(CC)CCCOc1cc2[nH]c3ccnc(C4CC4)c3c2cc1OC.Cl. The highest BCUT2D eigenvalue weighted by molar-refractivity contribution is 6.09. The van der Waals surface area contributed by atoms with Gasteiger partial charge in [-0.2, -0.15) is 0 Å². The minimum atomic E-state index is 0. The van der Waals surface area contributed by atoms with Gasteiger partial charge in [-0.3, -0.25) is 4.98 Å². The maximum absolute atomic E-state index is 6.07. The zero-order valence-electron chi connectivity index (χ0n) is 17.0. The highest BCUT2D eigenvalue weighted by atomic mass is 35.5. The number of rotatable bonds is 9. The van der Waals surface area contributed by atoms with Crippen LogP contribution in [0.1, 0.15) is 44.7 Å². The third kappa shape index (κ3) is 4.06. The summed E-state index contributed by atoms with van der Waals surface area (Å²) >= 11 is 0. The van der Waals surface area contributed by atoms with E-state index < -0.39 is 0 Å². The number of fused-ring (bicyclic) bond motifs is 3. The average Bonchev–Trinajstić information content (AvgIpc) is 3.48. The van der Waals surface area contributed by atoms with E-state index in [1.807, 2.05) is 6.20 Å². The standard InChI is InChI=1S/C22H29N3O2.ClH/c1-4-25(5-2)11-6-12-27-20-14-18-16(13-19(20)26-3)21-17(24-18)9-10-23-22(21)15-7-8-15;/h9-10,13-15,24H,4-8,11-12H2,1-3H3;1H. The number of halogens is 1. The van der Waals surface area contributed by atoms with E-state index >= 15 is 0 Å². The predicted molar refractivity (Wildman–Crippen MR) is 117 cm³/mol. The molecule has 0 amide bonds. The molecule has 0 unspecified atom stereocenters. The van der Waals surface area contributed by atoms with Crippen LogP contribution in [0.4, 0.5) is 0 Å². The van der Waals surface area contributed by atoms with Crippen LogP contribution >= 0.6 is 12.4 Å². The molecule has 28 heavy (non-hydrogen) atoms. The van der Waals surface area contributed by atoms with Crippen LogP contribution in [-0.4, -0.2) is 48.2 Å². The van der Waals surface area contributed by atoms with Crippen LogP contribution in [0.25, 0.3) is 21.8 Å². The number of hydrogen-bond donors (Lipinski definition) is 1. The van der Waals surface area contributed by atoms with E-state index in [4.69, 9.17) is 9.47 Å². The summed E-state index contributed by atoms with van der Waals surface area (Å²) in [6.07, 6.45) is 5.39. The van der Waals surface area contributed by atoms with Gasteiger partial charge in [-0.25, -0.2) is 0 Å². The normalized spacial score (nSPS) is 13.9. The third-order valence-electron chi connectivity index (χ3n) is 5.56. The smallest absolute Gasteiger partial charge is 0.163 e. The molecule has 0 aliphatic heterocycles. The molecule has 0 bridgehead atoms. The van der Waals surface area contributed by atoms with E-state index in [0.717, 1.165) is 48.6 Å². The number of H-pyrrole nitrogens is 1. The minimum Gasteiger partial charge on any atom is -0.493 e. The maximum atomic E-state index is 6.07. The number of benzene rings is 1. The number of methoxy groups -OCH3 is 1. The number of nitrogens with one attached hydrogen (secondary N) is 1. The van der Waals surface area contributed by atoms with Crippen LogP contribution in [0.2, 0.25) is 0 Å². The Morgan fingerprint density at radius 3 is 2.61 bits per heavy atom. The van der Waals surface area contributed by atoms with E-state index in [0.29, 0.717) is 12.5 Å². The van der Waals surface area contributed by atoms with Crippen LogP contribution in [0.5, 0.6) is 11.5 Å². The van der Waals surface area contributed by atoms with Crippen LogP contribution < -0.4 is 9.47 Å². The van der Waals surface area contributed by atoms with Crippen molar-refractivity contribution < 1.29 is 9.47 Å². The molecule has 1 N–H and O–H groups in total. The van der Waals surface area contributed by atoms with E-state index in [2.05, 4.69) is 46.9 Å². The van der Waals surface area contributed by atoms with Crippen LogP contribution in [-0.2, 0) is 0 Å². The molecule has 0 atom stereocenters. The van der Waals surface area contributed by atoms with E-state index in [1.54, 1.807) is 7.11 Å². The van der Waals surface area contributed by atoms with Crippen molar-refractivity contribution in [2.75, 3.05) is 33.4 Å². The first-order chi connectivity index (χ1) is 13.2.